The van der Waals surface area contributed by atoms with Crippen LogP contribution < -0.4 is 0 Å². The molecule has 4 rings (SSSR count). The zero-order chi connectivity index (χ0) is 14.9. The second-order valence-corrected chi connectivity index (χ2v) is 5.28. The molecule has 1 aromatic carbocycles. The van der Waals surface area contributed by atoms with E-state index in [9.17, 15) is 4.79 Å². The quantitative estimate of drug-likeness (QED) is 0.786. The third kappa shape index (κ3) is 2.18. The fourth-order valence-corrected chi connectivity index (χ4v) is 2.67. The van der Waals surface area contributed by atoms with Gasteiger partial charge in [0.1, 0.15) is 11.5 Å². The number of aromatic amines is 1. The van der Waals surface area contributed by atoms with Crippen molar-refractivity contribution >= 4 is 5.91 Å². The van der Waals surface area contributed by atoms with E-state index in [2.05, 4.69) is 15.4 Å². The van der Waals surface area contributed by atoms with E-state index in [1.54, 1.807) is 17.2 Å². The van der Waals surface area contributed by atoms with E-state index in [-0.39, 0.29) is 5.91 Å². The van der Waals surface area contributed by atoms with Crippen molar-refractivity contribution in [3.8, 4) is 11.3 Å². The second-order valence-electron chi connectivity index (χ2n) is 5.28. The van der Waals surface area contributed by atoms with E-state index in [0.29, 0.717) is 25.2 Å². The van der Waals surface area contributed by atoms with E-state index in [4.69, 9.17) is 4.52 Å². The van der Waals surface area contributed by atoms with Crippen LogP contribution in [0.15, 0.2) is 47.1 Å². The van der Waals surface area contributed by atoms with Crippen molar-refractivity contribution in [2.24, 2.45) is 0 Å². The van der Waals surface area contributed by atoms with Gasteiger partial charge in [0.25, 0.3) is 5.91 Å². The first-order valence-corrected chi connectivity index (χ1v) is 7.14. The van der Waals surface area contributed by atoms with E-state index < -0.39 is 0 Å². The van der Waals surface area contributed by atoms with Gasteiger partial charge in [-0.25, -0.2) is 0 Å². The minimum Gasteiger partial charge on any atom is -0.361 e. The van der Waals surface area contributed by atoms with Crippen LogP contribution in [-0.4, -0.2) is 32.7 Å². The summed E-state index contributed by atoms with van der Waals surface area (Å²) in [5, 5.41) is 10.9. The third-order valence-electron chi connectivity index (χ3n) is 3.86. The zero-order valence-corrected chi connectivity index (χ0v) is 11.8. The maximum atomic E-state index is 12.6. The Morgan fingerprint density at radius 1 is 1.27 bits per heavy atom. The summed E-state index contributed by atoms with van der Waals surface area (Å²) in [4.78, 5) is 14.4. The first kappa shape index (κ1) is 12.8. The maximum Gasteiger partial charge on any atom is 0.272 e. The Balaban J connectivity index is 1.56. The minimum atomic E-state index is -0.0541. The van der Waals surface area contributed by atoms with Crippen molar-refractivity contribution in [3.05, 3.63) is 59.6 Å². The Morgan fingerprint density at radius 3 is 3.00 bits per heavy atom. The molecule has 6 heteroatoms. The molecule has 0 fully saturated rings. The van der Waals surface area contributed by atoms with Crippen LogP contribution in [0.4, 0.5) is 0 Å². The number of hydrogen-bond donors (Lipinski definition) is 1. The molecule has 0 saturated carbocycles. The van der Waals surface area contributed by atoms with Crippen molar-refractivity contribution in [2.75, 3.05) is 6.54 Å². The van der Waals surface area contributed by atoms with E-state index in [0.717, 1.165) is 22.6 Å². The molecule has 1 aliphatic heterocycles. The van der Waals surface area contributed by atoms with Gasteiger partial charge < -0.3 is 9.42 Å². The molecule has 1 N–H and O–H groups in total. The number of carbonyl (C=O) groups excluding carboxylic acids is 1. The molecule has 3 aromatic rings. The molecule has 0 bridgehead atoms. The van der Waals surface area contributed by atoms with Crippen LogP contribution in [0.25, 0.3) is 11.3 Å². The summed E-state index contributed by atoms with van der Waals surface area (Å²) >= 11 is 0. The van der Waals surface area contributed by atoms with Gasteiger partial charge in [-0.05, 0) is 6.07 Å². The van der Waals surface area contributed by atoms with Crippen LogP contribution >= 0.6 is 0 Å². The number of carbonyl (C=O) groups is 1. The number of aromatic nitrogens is 3. The summed E-state index contributed by atoms with van der Waals surface area (Å²) in [6.45, 7) is 1.15. The number of H-pyrrole nitrogens is 1. The van der Waals surface area contributed by atoms with Gasteiger partial charge in [0.2, 0.25) is 0 Å². The van der Waals surface area contributed by atoms with Crippen LogP contribution in [-0.2, 0) is 13.0 Å². The molecule has 110 valence electrons. The first-order chi connectivity index (χ1) is 10.8. The zero-order valence-electron chi connectivity index (χ0n) is 11.8. The fourth-order valence-electron chi connectivity index (χ4n) is 2.67. The highest BCUT2D eigenvalue weighted by Crippen LogP contribution is 2.21. The lowest BCUT2D eigenvalue weighted by atomic mass is 10.1. The van der Waals surface area contributed by atoms with Gasteiger partial charge in [0, 0.05) is 24.1 Å². The molecular formula is C16H14N4O2. The average molecular weight is 294 g/mol. The summed E-state index contributed by atoms with van der Waals surface area (Å²) < 4.78 is 5.14. The van der Waals surface area contributed by atoms with Gasteiger partial charge in [-0.1, -0.05) is 35.5 Å². The topological polar surface area (TPSA) is 75.0 Å². The average Bonchev–Trinajstić information content (AvgIpc) is 3.23. The van der Waals surface area contributed by atoms with Crippen molar-refractivity contribution in [1.82, 2.24) is 20.3 Å². The summed E-state index contributed by atoms with van der Waals surface area (Å²) in [6.07, 6.45) is 2.37. The monoisotopic (exact) mass is 294 g/mol. The normalized spacial score (nSPS) is 13.9. The Labute approximate surface area is 126 Å². The van der Waals surface area contributed by atoms with Crippen LogP contribution in [0.2, 0.25) is 0 Å². The maximum absolute atomic E-state index is 12.6. The van der Waals surface area contributed by atoms with Crippen molar-refractivity contribution < 1.29 is 9.32 Å². The minimum absolute atomic E-state index is 0.0541. The molecule has 22 heavy (non-hydrogen) atoms. The third-order valence-corrected chi connectivity index (χ3v) is 3.86. The van der Waals surface area contributed by atoms with Crippen LogP contribution in [0.3, 0.4) is 0 Å². The number of rotatable bonds is 2. The van der Waals surface area contributed by atoms with Gasteiger partial charge in [0.05, 0.1) is 18.4 Å². The number of benzene rings is 1. The first-order valence-electron chi connectivity index (χ1n) is 7.14. The SMILES string of the molecule is O=C(c1cc(-c2ccccc2)n[nH]1)N1CCc2oncc2C1. The van der Waals surface area contributed by atoms with E-state index in [1.165, 1.54) is 0 Å². The Bertz CT molecular complexity index is 806. The van der Waals surface area contributed by atoms with Crippen molar-refractivity contribution in [1.29, 1.82) is 0 Å². The summed E-state index contributed by atoms with van der Waals surface area (Å²) in [6, 6.07) is 11.6. The molecule has 0 spiro atoms. The number of fused-ring (bicyclic) bond motifs is 1. The molecule has 0 atom stereocenters. The predicted molar refractivity (Wildman–Crippen MR) is 79.0 cm³/mol. The Kier molecular flexibility index (Phi) is 3.00. The molecule has 3 heterocycles. The molecule has 0 unspecified atom stereocenters. The van der Waals surface area contributed by atoms with Crippen LogP contribution in [0.1, 0.15) is 21.8 Å². The van der Waals surface area contributed by atoms with Gasteiger partial charge in [0.15, 0.2) is 0 Å². The lowest BCUT2D eigenvalue weighted by molar-refractivity contribution is 0.0723. The highest BCUT2D eigenvalue weighted by atomic mass is 16.5. The second kappa shape index (κ2) is 5.14. The van der Waals surface area contributed by atoms with Crippen LogP contribution in [0.5, 0.6) is 0 Å². The molecule has 1 aliphatic rings. The van der Waals surface area contributed by atoms with E-state index in [1.807, 2.05) is 30.3 Å². The Morgan fingerprint density at radius 2 is 2.14 bits per heavy atom. The lowest BCUT2D eigenvalue weighted by Gasteiger charge is -2.24. The van der Waals surface area contributed by atoms with Gasteiger partial charge in [-0.3, -0.25) is 9.89 Å². The largest absolute Gasteiger partial charge is 0.361 e. The van der Waals surface area contributed by atoms with Gasteiger partial charge in [-0.15, -0.1) is 0 Å². The van der Waals surface area contributed by atoms with Gasteiger partial charge >= 0.3 is 0 Å². The molecule has 6 nitrogen and oxygen atoms in total. The molecule has 0 aliphatic carbocycles. The smallest absolute Gasteiger partial charge is 0.272 e. The molecule has 1 amide bonds. The number of nitrogens with zero attached hydrogens (tertiary/aromatic N) is 3. The number of nitrogens with one attached hydrogen (secondary N) is 1. The number of amides is 1. The number of hydrogen-bond acceptors (Lipinski definition) is 4. The van der Waals surface area contributed by atoms with E-state index >= 15 is 0 Å². The highest BCUT2D eigenvalue weighted by Gasteiger charge is 2.25. The molecule has 0 saturated heterocycles. The summed E-state index contributed by atoms with van der Waals surface area (Å²) in [7, 11) is 0. The predicted octanol–water partition coefficient (Wildman–Crippen LogP) is 2.26. The molecular weight excluding hydrogens is 280 g/mol. The molecule has 0 radical (unpaired) electrons. The standard InChI is InChI=1S/C16H14N4O2/c21-16(20-7-6-15-12(10-20)9-17-22-15)14-8-13(18-19-14)11-4-2-1-3-5-11/h1-5,8-9H,6-7,10H2,(H,18,19). The lowest BCUT2D eigenvalue weighted by Crippen LogP contribution is -2.35. The molecule has 2 aromatic heterocycles. The summed E-state index contributed by atoms with van der Waals surface area (Å²) in [5.74, 6) is 0.820. The highest BCUT2D eigenvalue weighted by molar-refractivity contribution is 5.93. The Hall–Kier alpha value is -2.89. The van der Waals surface area contributed by atoms with Gasteiger partial charge in [-0.2, -0.15) is 5.10 Å². The fraction of sp³-hybridized carbons (Fsp3) is 0.188. The van der Waals surface area contributed by atoms with Crippen molar-refractivity contribution in [2.45, 2.75) is 13.0 Å². The van der Waals surface area contributed by atoms with Crippen LogP contribution in [0, 0.1) is 0 Å². The summed E-state index contributed by atoms with van der Waals surface area (Å²) in [5.41, 5.74) is 3.23. The van der Waals surface area contributed by atoms with Crippen molar-refractivity contribution in [3.63, 3.8) is 0 Å².